The molecule has 2 aromatic carbocycles. The van der Waals surface area contributed by atoms with Crippen LogP contribution >= 0.6 is 0 Å². The van der Waals surface area contributed by atoms with Gasteiger partial charge in [-0.25, -0.2) is 9.96 Å². The number of amides is 2. The third-order valence-corrected chi connectivity index (χ3v) is 4.98. The number of benzene rings is 2. The van der Waals surface area contributed by atoms with Gasteiger partial charge in [0.15, 0.2) is 6.10 Å². The number of hydrogen-bond acceptors (Lipinski definition) is 4. The molecule has 0 aromatic heterocycles. The fraction of sp³-hybridized carbons (Fsp3) is 0.333. The van der Waals surface area contributed by atoms with Gasteiger partial charge in [0.1, 0.15) is 0 Å². The van der Waals surface area contributed by atoms with Crippen LogP contribution in [0.15, 0.2) is 60.7 Å². The van der Waals surface area contributed by atoms with Crippen molar-refractivity contribution < 1.29 is 14.4 Å². The number of rotatable bonds is 4. The molecule has 0 saturated carbocycles. The van der Waals surface area contributed by atoms with Gasteiger partial charge in [0.2, 0.25) is 5.91 Å². The van der Waals surface area contributed by atoms with Crippen molar-refractivity contribution in [1.29, 1.82) is 0 Å². The Balaban J connectivity index is 1.70. The average molecular weight is 350 g/mol. The monoisotopic (exact) mass is 350 g/mol. The summed E-state index contributed by atoms with van der Waals surface area (Å²) in [6.45, 7) is 4.24. The van der Waals surface area contributed by atoms with Gasteiger partial charge < -0.3 is 0 Å². The van der Waals surface area contributed by atoms with Crippen molar-refractivity contribution in [2.75, 3.05) is 9.96 Å². The topological polar surface area (TPSA) is 49.9 Å². The van der Waals surface area contributed by atoms with Gasteiger partial charge >= 0.3 is 0 Å². The molecule has 0 bridgehead atoms. The highest BCUT2D eigenvalue weighted by molar-refractivity contribution is 6.23. The molecule has 2 aromatic rings. The number of nitrogens with zero attached hydrogens (tertiary/aromatic N) is 2. The Morgan fingerprint density at radius 1 is 0.885 bits per heavy atom. The summed E-state index contributed by atoms with van der Waals surface area (Å²) in [6, 6.07) is 18.6. The van der Waals surface area contributed by atoms with Crippen LogP contribution in [0.5, 0.6) is 0 Å². The molecule has 0 radical (unpaired) electrons. The summed E-state index contributed by atoms with van der Waals surface area (Å²) in [5.74, 6) is -0.554. The molecule has 0 spiro atoms. The minimum Gasteiger partial charge on any atom is -0.273 e. The van der Waals surface area contributed by atoms with Gasteiger partial charge in [-0.15, -0.1) is 0 Å². The van der Waals surface area contributed by atoms with E-state index in [2.05, 4.69) is 13.8 Å². The van der Waals surface area contributed by atoms with Gasteiger partial charge in [0, 0.05) is 0 Å². The maximum atomic E-state index is 13.2. The molecule has 2 fully saturated rings. The summed E-state index contributed by atoms with van der Waals surface area (Å²) < 4.78 is 0. The SMILES string of the molecule is CC(C)C[C@@H]1[C@@H]2C(=O)N(c3ccccc3)C(=O)[C@H]2ON1c1ccccc1. The third-order valence-electron chi connectivity index (χ3n) is 4.98. The molecule has 0 N–H and O–H groups in total. The Morgan fingerprint density at radius 2 is 1.46 bits per heavy atom. The molecule has 2 heterocycles. The molecular weight excluding hydrogens is 328 g/mol. The first-order valence-electron chi connectivity index (χ1n) is 9.02. The van der Waals surface area contributed by atoms with Crippen molar-refractivity contribution >= 4 is 23.2 Å². The van der Waals surface area contributed by atoms with Gasteiger partial charge in [-0.3, -0.25) is 14.4 Å². The third kappa shape index (κ3) is 2.69. The predicted octanol–water partition coefficient (Wildman–Crippen LogP) is 3.41. The minimum atomic E-state index is -0.758. The number of hydrogen-bond donors (Lipinski definition) is 0. The summed E-state index contributed by atoms with van der Waals surface area (Å²) in [5.41, 5.74) is 1.48. The van der Waals surface area contributed by atoms with Gasteiger partial charge in [-0.2, -0.15) is 0 Å². The standard InChI is InChI=1S/C21H22N2O3/c1-14(2)13-17-18-19(26-23(17)16-11-7-4-8-12-16)21(25)22(20(18)24)15-9-5-3-6-10-15/h3-12,14,17-19H,13H2,1-2H3/t17-,18+,19+/m1/s1. The van der Waals surface area contributed by atoms with E-state index < -0.39 is 12.0 Å². The molecule has 0 unspecified atom stereocenters. The quantitative estimate of drug-likeness (QED) is 0.793. The maximum Gasteiger partial charge on any atom is 0.266 e. The van der Waals surface area contributed by atoms with Crippen molar-refractivity contribution in [2.45, 2.75) is 32.4 Å². The zero-order chi connectivity index (χ0) is 18.3. The number of fused-ring (bicyclic) bond motifs is 1. The Hall–Kier alpha value is -2.66. The van der Waals surface area contributed by atoms with E-state index >= 15 is 0 Å². The molecule has 5 nitrogen and oxygen atoms in total. The largest absolute Gasteiger partial charge is 0.273 e. The second kappa shape index (κ2) is 6.57. The van der Waals surface area contributed by atoms with E-state index in [1.807, 2.05) is 48.5 Å². The number of carbonyl (C=O) groups excluding carboxylic acids is 2. The van der Waals surface area contributed by atoms with Crippen LogP contribution in [0.3, 0.4) is 0 Å². The smallest absolute Gasteiger partial charge is 0.266 e. The van der Waals surface area contributed by atoms with Crippen molar-refractivity contribution in [1.82, 2.24) is 0 Å². The number of hydroxylamine groups is 1. The molecule has 134 valence electrons. The van der Waals surface area contributed by atoms with Crippen LogP contribution in [0.25, 0.3) is 0 Å². The van der Waals surface area contributed by atoms with E-state index in [9.17, 15) is 9.59 Å². The molecule has 2 aliphatic rings. The highest BCUT2D eigenvalue weighted by atomic mass is 16.7. The maximum absolute atomic E-state index is 13.2. The first-order chi connectivity index (χ1) is 12.6. The lowest BCUT2D eigenvalue weighted by Gasteiger charge is -2.29. The van der Waals surface area contributed by atoms with Crippen molar-refractivity contribution in [2.24, 2.45) is 11.8 Å². The molecular formula is C21H22N2O3. The van der Waals surface area contributed by atoms with Gasteiger partial charge in [0.05, 0.1) is 23.3 Å². The number of anilines is 2. The normalized spacial score (nSPS) is 25.3. The first kappa shape index (κ1) is 16.8. The predicted molar refractivity (Wildman–Crippen MR) is 99.5 cm³/mol. The van der Waals surface area contributed by atoms with E-state index in [0.717, 1.165) is 12.1 Å². The zero-order valence-electron chi connectivity index (χ0n) is 14.9. The molecule has 5 heteroatoms. The summed E-state index contributed by atoms with van der Waals surface area (Å²) in [6.07, 6.45) is 0.0178. The van der Waals surface area contributed by atoms with Crippen LogP contribution in [0, 0.1) is 11.8 Å². The highest BCUT2D eigenvalue weighted by Crippen LogP contribution is 2.42. The van der Waals surface area contributed by atoms with Crippen LogP contribution < -0.4 is 9.96 Å². The van der Waals surface area contributed by atoms with E-state index in [-0.39, 0.29) is 17.9 Å². The summed E-state index contributed by atoms with van der Waals surface area (Å²) in [4.78, 5) is 33.4. The van der Waals surface area contributed by atoms with E-state index in [1.54, 1.807) is 17.2 Å². The van der Waals surface area contributed by atoms with Gasteiger partial charge in [-0.1, -0.05) is 50.2 Å². The van der Waals surface area contributed by atoms with Crippen molar-refractivity contribution in [3.8, 4) is 0 Å². The van der Waals surface area contributed by atoms with Crippen molar-refractivity contribution in [3.63, 3.8) is 0 Å². The Morgan fingerprint density at radius 3 is 2.04 bits per heavy atom. The first-order valence-corrected chi connectivity index (χ1v) is 9.02. The molecule has 2 aliphatic heterocycles. The van der Waals surface area contributed by atoms with Crippen LogP contribution in [0.1, 0.15) is 20.3 Å². The number of para-hydroxylation sites is 2. The van der Waals surface area contributed by atoms with E-state index in [1.165, 1.54) is 4.90 Å². The fourth-order valence-corrected chi connectivity index (χ4v) is 3.88. The minimum absolute atomic E-state index is 0.160. The van der Waals surface area contributed by atoms with Crippen LogP contribution in [-0.4, -0.2) is 24.0 Å². The van der Waals surface area contributed by atoms with Crippen molar-refractivity contribution in [3.05, 3.63) is 60.7 Å². The lowest BCUT2D eigenvalue weighted by molar-refractivity contribution is -0.126. The number of imide groups is 1. The van der Waals surface area contributed by atoms with E-state index in [4.69, 9.17) is 4.84 Å². The van der Waals surface area contributed by atoms with Crippen LogP contribution in [0.2, 0.25) is 0 Å². The fourth-order valence-electron chi connectivity index (χ4n) is 3.88. The molecule has 4 rings (SSSR count). The second-order valence-electron chi connectivity index (χ2n) is 7.26. The lowest BCUT2D eigenvalue weighted by Crippen LogP contribution is -2.41. The molecule has 3 atom stereocenters. The molecule has 2 saturated heterocycles. The molecule has 2 amide bonds. The Labute approximate surface area is 153 Å². The molecule has 26 heavy (non-hydrogen) atoms. The zero-order valence-corrected chi connectivity index (χ0v) is 14.9. The van der Waals surface area contributed by atoms with E-state index in [0.29, 0.717) is 11.6 Å². The van der Waals surface area contributed by atoms with Crippen LogP contribution in [-0.2, 0) is 14.4 Å². The molecule has 0 aliphatic carbocycles. The average Bonchev–Trinajstić information content (AvgIpc) is 3.12. The summed E-state index contributed by atoms with van der Waals surface area (Å²) in [5, 5.41) is 1.77. The van der Waals surface area contributed by atoms with Gasteiger partial charge in [-0.05, 0) is 36.6 Å². The Kier molecular flexibility index (Phi) is 4.24. The van der Waals surface area contributed by atoms with Gasteiger partial charge in [0.25, 0.3) is 5.91 Å². The lowest BCUT2D eigenvalue weighted by atomic mass is 9.90. The second-order valence-corrected chi connectivity index (χ2v) is 7.26. The highest BCUT2D eigenvalue weighted by Gasteiger charge is 2.59. The number of carbonyl (C=O) groups is 2. The summed E-state index contributed by atoms with van der Waals surface area (Å²) >= 11 is 0. The Bertz CT molecular complexity index is 807. The summed E-state index contributed by atoms with van der Waals surface area (Å²) in [7, 11) is 0. The van der Waals surface area contributed by atoms with Crippen LogP contribution in [0.4, 0.5) is 11.4 Å².